The molecule has 1 aliphatic heterocycles. The molecule has 0 amide bonds. The number of aliphatic hydroxyl groups excluding tert-OH is 1. The Balaban J connectivity index is 2.04. The van der Waals surface area contributed by atoms with Crippen LogP contribution in [0.15, 0.2) is 0 Å². The van der Waals surface area contributed by atoms with Crippen LogP contribution in [0.1, 0.15) is 26.7 Å². The van der Waals surface area contributed by atoms with Crippen molar-refractivity contribution in [3.05, 3.63) is 0 Å². The zero-order valence-corrected chi connectivity index (χ0v) is 7.66. The van der Waals surface area contributed by atoms with E-state index in [0.717, 1.165) is 5.92 Å². The average molecular weight is 168 g/mol. The summed E-state index contributed by atoms with van der Waals surface area (Å²) in [5, 5.41) is 9.75. The third-order valence-electron chi connectivity index (χ3n) is 4.61. The number of rotatable bonds is 0. The molecule has 68 valence electrons. The van der Waals surface area contributed by atoms with Crippen molar-refractivity contribution >= 4 is 0 Å². The predicted molar refractivity (Wildman–Crippen MR) is 44.4 cm³/mol. The summed E-state index contributed by atoms with van der Waals surface area (Å²) in [6.07, 6.45) is 2.35. The van der Waals surface area contributed by atoms with E-state index in [1.54, 1.807) is 0 Å². The Morgan fingerprint density at radius 3 is 2.83 bits per heavy atom. The highest BCUT2D eigenvalue weighted by atomic mass is 16.6. The van der Waals surface area contributed by atoms with Crippen LogP contribution >= 0.6 is 0 Å². The second kappa shape index (κ2) is 1.88. The highest BCUT2D eigenvalue weighted by molar-refractivity contribution is 5.10. The van der Waals surface area contributed by atoms with E-state index in [1.807, 2.05) is 0 Å². The molecule has 3 aliphatic rings. The summed E-state index contributed by atoms with van der Waals surface area (Å²) in [6.45, 7) is 4.46. The van der Waals surface area contributed by atoms with Crippen molar-refractivity contribution in [2.45, 2.75) is 39.1 Å². The van der Waals surface area contributed by atoms with Gasteiger partial charge in [0.15, 0.2) is 6.29 Å². The van der Waals surface area contributed by atoms with Crippen LogP contribution in [0, 0.1) is 23.2 Å². The van der Waals surface area contributed by atoms with Crippen molar-refractivity contribution in [1.29, 1.82) is 0 Å². The van der Waals surface area contributed by atoms with Gasteiger partial charge in [-0.1, -0.05) is 13.8 Å². The first-order chi connectivity index (χ1) is 5.63. The van der Waals surface area contributed by atoms with Crippen LogP contribution in [0.3, 0.4) is 0 Å². The van der Waals surface area contributed by atoms with Crippen LogP contribution in [0.25, 0.3) is 0 Å². The molecule has 2 saturated carbocycles. The van der Waals surface area contributed by atoms with Crippen LogP contribution in [-0.2, 0) is 4.74 Å². The van der Waals surface area contributed by atoms with Gasteiger partial charge in [-0.2, -0.15) is 0 Å². The van der Waals surface area contributed by atoms with Crippen molar-refractivity contribution in [3.8, 4) is 0 Å². The molecule has 2 aliphatic carbocycles. The van der Waals surface area contributed by atoms with E-state index in [4.69, 9.17) is 4.74 Å². The summed E-state index contributed by atoms with van der Waals surface area (Å²) in [5.74, 6) is 2.15. The normalized spacial score (nSPS) is 67.8. The molecule has 0 spiro atoms. The predicted octanol–water partition coefficient (Wildman–Crippen LogP) is 1.39. The highest BCUT2D eigenvalue weighted by Crippen LogP contribution is 2.64. The van der Waals surface area contributed by atoms with Gasteiger partial charge in [0.1, 0.15) is 0 Å². The average Bonchev–Trinajstić information content (AvgIpc) is 2.53. The van der Waals surface area contributed by atoms with Gasteiger partial charge in [0.2, 0.25) is 0 Å². The monoisotopic (exact) mass is 168 g/mol. The van der Waals surface area contributed by atoms with Gasteiger partial charge in [0.05, 0.1) is 6.10 Å². The smallest absolute Gasteiger partial charge is 0.160 e. The van der Waals surface area contributed by atoms with Gasteiger partial charge in [0.25, 0.3) is 0 Å². The van der Waals surface area contributed by atoms with Crippen molar-refractivity contribution in [2.75, 3.05) is 0 Å². The molecule has 0 aromatic heterocycles. The maximum absolute atomic E-state index is 9.75. The number of fused-ring (bicyclic) bond motifs is 1. The fourth-order valence-electron chi connectivity index (χ4n) is 3.75. The standard InChI is InChI=1S/C10H16O2/c1-5-6-3-7-8(5)12-9(11)10(7,2)4-6/h5-9,11H,3-4H2,1-2H3/t5-,6?,7?,8?,9?,10-/m1/s1. The number of hydrogen-bond acceptors (Lipinski definition) is 2. The van der Waals surface area contributed by atoms with E-state index in [0.29, 0.717) is 17.9 Å². The Kier molecular flexibility index (Phi) is 1.15. The van der Waals surface area contributed by atoms with Crippen LogP contribution < -0.4 is 0 Å². The van der Waals surface area contributed by atoms with Gasteiger partial charge in [-0.05, 0) is 30.6 Å². The van der Waals surface area contributed by atoms with Crippen molar-refractivity contribution in [2.24, 2.45) is 23.2 Å². The molecule has 12 heavy (non-hydrogen) atoms. The molecule has 2 heteroatoms. The number of aliphatic hydroxyl groups is 1. The molecule has 0 aromatic carbocycles. The summed E-state index contributed by atoms with van der Waals surface area (Å²) in [5.41, 5.74) is 0.0991. The van der Waals surface area contributed by atoms with Crippen LogP contribution in [0.5, 0.6) is 0 Å². The van der Waals surface area contributed by atoms with Gasteiger partial charge in [-0.3, -0.25) is 0 Å². The molecule has 0 radical (unpaired) electrons. The largest absolute Gasteiger partial charge is 0.367 e. The minimum atomic E-state index is -0.484. The first kappa shape index (κ1) is 7.34. The molecular formula is C10H16O2. The molecule has 3 rings (SSSR count). The Labute approximate surface area is 72.9 Å². The molecule has 1 N–H and O–H groups in total. The van der Waals surface area contributed by atoms with Crippen molar-refractivity contribution in [1.82, 2.24) is 0 Å². The third-order valence-corrected chi connectivity index (χ3v) is 4.61. The molecule has 2 nitrogen and oxygen atoms in total. The molecule has 6 atom stereocenters. The van der Waals surface area contributed by atoms with E-state index < -0.39 is 6.29 Å². The summed E-state index contributed by atoms with van der Waals surface area (Å²) in [4.78, 5) is 0. The van der Waals surface area contributed by atoms with E-state index in [2.05, 4.69) is 13.8 Å². The fourth-order valence-corrected chi connectivity index (χ4v) is 3.75. The van der Waals surface area contributed by atoms with Gasteiger partial charge in [0, 0.05) is 5.41 Å². The minimum Gasteiger partial charge on any atom is -0.367 e. The van der Waals surface area contributed by atoms with Gasteiger partial charge >= 0.3 is 0 Å². The second-order valence-electron chi connectivity index (χ2n) is 5.12. The molecule has 2 bridgehead atoms. The fraction of sp³-hybridized carbons (Fsp3) is 1.00. The van der Waals surface area contributed by atoms with Crippen LogP contribution in [-0.4, -0.2) is 17.5 Å². The number of hydrogen-bond donors (Lipinski definition) is 1. The Hall–Kier alpha value is -0.0800. The lowest BCUT2D eigenvalue weighted by atomic mass is 9.72. The van der Waals surface area contributed by atoms with Gasteiger partial charge < -0.3 is 9.84 Å². The molecule has 4 unspecified atom stereocenters. The van der Waals surface area contributed by atoms with E-state index in [-0.39, 0.29) is 5.41 Å². The first-order valence-electron chi connectivity index (χ1n) is 4.96. The van der Waals surface area contributed by atoms with E-state index in [1.165, 1.54) is 12.8 Å². The van der Waals surface area contributed by atoms with E-state index >= 15 is 0 Å². The SMILES string of the molecule is C[C@@H]1C2CC3C1OC(O)[C@]3(C)C2. The molecular weight excluding hydrogens is 152 g/mol. The summed E-state index contributed by atoms with van der Waals surface area (Å²) < 4.78 is 5.61. The summed E-state index contributed by atoms with van der Waals surface area (Å²) in [6, 6.07) is 0. The summed E-state index contributed by atoms with van der Waals surface area (Å²) >= 11 is 0. The van der Waals surface area contributed by atoms with Crippen molar-refractivity contribution in [3.63, 3.8) is 0 Å². The Morgan fingerprint density at radius 2 is 2.25 bits per heavy atom. The number of ether oxygens (including phenoxy) is 1. The van der Waals surface area contributed by atoms with Gasteiger partial charge in [-0.25, -0.2) is 0 Å². The zero-order chi connectivity index (χ0) is 8.51. The topological polar surface area (TPSA) is 29.5 Å². The van der Waals surface area contributed by atoms with Crippen molar-refractivity contribution < 1.29 is 9.84 Å². The Morgan fingerprint density at radius 1 is 1.50 bits per heavy atom. The quantitative estimate of drug-likeness (QED) is 0.592. The Bertz CT molecular complexity index is 228. The van der Waals surface area contributed by atoms with Crippen LogP contribution in [0.2, 0.25) is 0 Å². The lowest BCUT2D eigenvalue weighted by molar-refractivity contribution is -0.128. The maximum atomic E-state index is 9.75. The lowest BCUT2D eigenvalue weighted by Gasteiger charge is -2.30. The third kappa shape index (κ3) is 0.579. The molecule has 1 heterocycles. The summed E-state index contributed by atoms with van der Waals surface area (Å²) in [7, 11) is 0. The second-order valence-corrected chi connectivity index (χ2v) is 5.12. The molecule has 0 aromatic rings. The van der Waals surface area contributed by atoms with Gasteiger partial charge in [-0.15, -0.1) is 0 Å². The van der Waals surface area contributed by atoms with E-state index in [9.17, 15) is 5.11 Å². The molecule has 1 saturated heterocycles. The zero-order valence-electron chi connectivity index (χ0n) is 7.66. The maximum Gasteiger partial charge on any atom is 0.160 e. The highest BCUT2D eigenvalue weighted by Gasteiger charge is 2.65. The molecule has 3 fully saturated rings. The minimum absolute atomic E-state index is 0.0991. The lowest BCUT2D eigenvalue weighted by Crippen LogP contribution is -2.33. The first-order valence-corrected chi connectivity index (χ1v) is 4.96. The van der Waals surface area contributed by atoms with Crippen LogP contribution in [0.4, 0.5) is 0 Å².